The fraction of sp³-hybridized carbons (Fsp3) is 0.615. The van der Waals surface area contributed by atoms with Gasteiger partial charge < -0.3 is 12.4 Å². The zero-order valence-corrected chi connectivity index (χ0v) is 41.6. The van der Waals surface area contributed by atoms with Crippen molar-refractivity contribution in [2.24, 2.45) is 10.8 Å². The van der Waals surface area contributed by atoms with Crippen LogP contribution in [-0.4, -0.2) is 40.0 Å². The third-order valence-electron chi connectivity index (χ3n) is 12.7. The van der Waals surface area contributed by atoms with Gasteiger partial charge >= 0.3 is 25.8 Å². The minimum absolute atomic E-state index is 0. The predicted molar refractivity (Wildman–Crippen MR) is 250 cm³/mol. The van der Waals surface area contributed by atoms with Crippen molar-refractivity contribution in [2.75, 3.05) is 4.90 Å². The first-order valence-electron chi connectivity index (χ1n) is 22.4. The Kier molecular flexibility index (Phi) is 23.1. The first-order chi connectivity index (χ1) is 26.3. The molecule has 2 aromatic carbocycles. The Labute approximate surface area is 384 Å². The number of allylic oxidation sites excluding steroid dienone is 5. The minimum atomic E-state index is 0. The Morgan fingerprint density at radius 2 is 1.16 bits per heavy atom. The average Bonchev–Trinajstić information content (AvgIpc) is 3.58. The molecule has 0 unspecified atom stereocenters. The molecule has 322 valence electrons. The molecular formula is C52H78Cl2N2PRu+. The second-order valence-corrected chi connectivity index (χ2v) is 22.7. The quantitative estimate of drug-likeness (QED) is 0.116. The number of rotatable bonds is 7. The van der Waals surface area contributed by atoms with E-state index in [4.69, 9.17) is 6.58 Å². The maximum Gasteiger partial charge on any atom is 1.00 e. The molecule has 0 N–H and O–H groups in total. The van der Waals surface area contributed by atoms with Gasteiger partial charge in [0.25, 0.3) is 0 Å². The molecule has 0 saturated heterocycles. The van der Waals surface area contributed by atoms with Crippen molar-refractivity contribution >= 4 is 32.4 Å². The van der Waals surface area contributed by atoms with Crippen molar-refractivity contribution in [1.82, 2.24) is 0 Å². The van der Waals surface area contributed by atoms with E-state index < -0.39 is 0 Å². The number of benzene rings is 2. The summed E-state index contributed by atoms with van der Waals surface area (Å²) in [6.45, 7) is 25.0. The third-order valence-corrected chi connectivity index (χ3v) is 16.8. The molecule has 0 amide bonds. The van der Waals surface area contributed by atoms with E-state index in [9.17, 15) is 0 Å². The summed E-state index contributed by atoms with van der Waals surface area (Å²) in [6, 6.07) is 20.4. The van der Waals surface area contributed by atoms with Crippen molar-refractivity contribution < 1.29 is 36.5 Å². The van der Waals surface area contributed by atoms with Crippen molar-refractivity contribution in [3.8, 4) is 0 Å². The first-order valence-corrected chi connectivity index (χ1v) is 23.9. The van der Waals surface area contributed by atoms with Crippen LogP contribution in [0.2, 0.25) is 0 Å². The molecule has 2 radical (unpaired) electrons. The summed E-state index contributed by atoms with van der Waals surface area (Å²) < 4.78 is 2.46. The van der Waals surface area contributed by atoms with Crippen molar-refractivity contribution in [2.45, 2.75) is 193 Å². The largest absolute Gasteiger partial charge is 1.00 e. The van der Waals surface area contributed by atoms with Gasteiger partial charge in [0.2, 0.25) is 0 Å². The van der Waals surface area contributed by atoms with E-state index in [-0.39, 0.29) is 55.1 Å². The van der Waals surface area contributed by atoms with Crippen LogP contribution in [0.5, 0.6) is 0 Å². The number of halogens is 2. The van der Waals surface area contributed by atoms with Gasteiger partial charge in [0.05, 0.1) is 0 Å². The normalized spacial score (nSPS) is 21.6. The van der Waals surface area contributed by atoms with E-state index in [0.717, 1.165) is 12.1 Å². The van der Waals surface area contributed by atoms with Gasteiger partial charge in [-0.05, 0) is 78.6 Å². The molecule has 1 heterocycles. The van der Waals surface area contributed by atoms with Crippen LogP contribution in [0.1, 0.15) is 169 Å². The van der Waals surface area contributed by atoms with Gasteiger partial charge in [-0.2, -0.15) is 18.6 Å². The summed E-state index contributed by atoms with van der Waals surface area (Å²) in [5.74, 6) is 0.477. The molecule has 1 aliphatic heterocycles. The summed E-state index contributed by atoms with van der Waals surface area (Å²) in [4.78, 5) is 2.45. The van der Waals surface area contributed by atoms with Gasteiger partial charge in [-0.15, -0.1) is 24.6 Å². The fourth-order valence-corrected chi connectivity index (χ4v) is 14.8. The zero-order valence-electron chi connectivity index (χ0n) is 37.4. The molecule has 2 nitrogen and oxygen atoms in total. The fourth-order valence-electron chi connectivity index (χ4n) is 10.2. The van der Waals surface area contributed by atoms with Crippen LogP contribution >= 0.6 is 20.3 Å². The predicted octanol–water partition coefficient (Wildman–Crippen LogP) is 12.1. The molecule has 5 aliphatic rings. The summed E-state index contributed by atoms with van der Waals surface area (Å²) >= 11 is 0. The van der Waals surface area contributed by atoms with Crippen LogP contribution in [0.4, 0.5) is 5.69 Å². The van der Waals surface area contributed by atoms with Crippen LogP contribution < -0.4 is 17.3 Å². The van der Waals surface area contributed by atoms with Crippen LogP contribution in [0.25, 0.3) is 0 Å². The standard InChI is InChI=1S/C27H38N2.C18H33P.C7H6.2ClH.Ru/c1-20(2)22-16-12-13-17-23(22)29-19-28(18-21-14-10-9-11-15-21)24(26(3,4)5)25(29)27(6,7)8;1-4-10-16(11-5-1)19(17-12-6-2-7-13-17)18-14-8-3-9-15-18;1-7-5-3-2-4-6-7;;;/h9-17,20,24-25H,18H2,1-8H3;16-18H,1-15H2;1-6H;2*1H;/q+1;;;;;+1/p-1/t24-,25-;;;;;/m0...../s1. The van der Waals surface area contributed by atoms with Crippen LogP contribution in [0, 0.1) is 23.8 Å². The molecule has 2 atom stereocenters. The maximum absolute atomic E-state index is 5.36. The molecular weight excluding hydrogens is 856 g/mol. The minimum Gasteiger partial charge on any atom is -1.00 e. The van der Waals surface area contributed by atoms with E-state index in [2.05, 4.69) is 126 Å². The molecule has 4 aliphatic carbocycles. The summed E-state index contributed by atoms with van der Waals surface area (Å²) in [7, 11) is 0.385. The maximum atomic E-state index is 5.36. The third kappa shape index (κ3) is 15.2. The van der Waals surface area contributed by atoms with E-state index >= 15 is 0 Å². The van der Waals surface area contributed by atoms with Crippen LogP contribution in [0.15, 0.2) is 84.5 Å². The Morgan fingerprint density at radius 1 is 0.707 bits per heavy atom. The number of hydrogen-bond donors (Lipinski definition) is 0. The van der Waals surface area contributed by atoms with Crippen LogP contribution in [-0.2, 0) is 26.0 Å². The Bertz CT molecular complexity index is 1500. The van der Waals surface area contributed by atoms with Gasteiger partial charge in [0, 0.05) is 16.4 Å². The van der Waals surface area contributed by atoms with Crippen LogP contribution in [0.3, 0.4) is 0 Å². The van der Waals surface area contributed by atoms with Gasteiger partial charge in [-0.25, -0.2) is 9.48 Å². The molecule has 2 aromatic rings. The Balaban J connectivity index is 0.000000343. The summed E-state index contributed by atoms with van der Waals surface area (Å²) in [6.07, 6.45) is 36.9. The van der Waals surface area contributed by atoms with E-state index in [1.165, 1.54) is 53.1 Å². The van der Waals surface area contributed by atoms with Gasteiger partial charge in [-0.1, -0.05) is 176 Å². The Hall–Kier alpha value is -1.46. The number of para-hydroxylation sites is 1. The SMILES string of the molecule is C1CCC(P(C2CCCCC2)C2CCCCC2)CC1.CC(C)c1ccccc1N1[C]=[N+](Cc2ccccc2)[C@H](C(C)(C)C)[C@H]1C(C)(C)C.Cl.[CH+]=C1C=C[CH-]C=C1.[Cl-].[Ru+]. The first kappa shape index (κ1) is 52.7. The van der Waals surface area contributed by atoms with E-state index in [1.54, 1.807) is 77.0 Å². The van der Waals surface area contributed by atoms with Gasteiger partial charge in [0.15, 0.2) is 0 Å². The molecule has 0 aromatic heterocycles. The molecule has 6 heteroatoms. The molecule has 3 saturated carbocycles. The Morgan fingerprint density at radius 3 is 1.55 bits per heavy atom. The zero-order chi connectivity index (χ0) is 39.4. The van der Waals surface area contributed by atoms with Crippen molar-refractivity contribution in [3.63, 3.8) is 0 Å². The summed E-state index contributed by atoms with van der Waals surface area (Å²) in [5, 5.41) is 0. The van der Waals surface area contributed by atoms with Crippen molar-refractivity contribution in [1.29, 1.82) is 0 Å². The molecule has 58 heavy (non-hydrogen) atoms. The molecule has 0 bridgehead atoms. The van der Waals surface area contributed by atoms with E-state index in [1.807, 2.05) is 30.7 Å². The van der Waals surface area contributed by atoms with Gasteiger partial charge in [-0.3, -0.25) is 0 Å². The number of anilines is 1. The average molecular weight is 934 g/mol. The summed E-state index contributed by atoms with van der Waals surface area (Å²) in [5.41, 5.74) is 8.65. The molecule has 3 fully saturated rings. The molecule has 0 spiro atoms. The molecule has 7 rings (SSSR count). The number of hydrogen-bond acceptors (Lipinski definition) is 1. The van der Waals surface area contributed by atoms with E-state index in [0.29, 0.717) is 25.9 Å². The van der Waals surface area contributed by atoms with Gasteiger partial charge in [0.1, 0.15) is 24.3 Å². The topological polar surface area (TPSA) is 6.25 Å². The van der Waals surface area contributed by atoms with Crippen molar-refractivity contribution in [3.05, 3.63) is 109 Å². The monoisotopic (exact) mass is 933 g/mol. The second-order valence-electron chi connectivity index (χ2n) is 19.7. The second kappa shape index (κ2) is 25.5. The smallest absolute Gasteiger partial charge is 1.00 e. The number of nitrogens with zero attached hydrogens (tertiary/aromatic N) is 2.